The number of hydrogen-bond acceptors (Lipinski definition) is 5. The molecule has 1 saturated heterocycles. The SMILES string of the molecule is COC(=O)c1ccc2c(c1)CN(S(=O)(=O)N1CCCOCC1)C2. The van der Waals surface area contributed by atoms with E-state index in [0.29, 0.717) is 44.8 Å². The molecule has 1 fully saturated rings. The highest BCUT2D eigenvalue weighted by Gasteiger charge is 2.34. The van der Waals surface area contributed by atoms with E-state index in [1.807, 2.05) is 0 Å². The third-order valence-electron chi connectivity index (χ3n) is 4.15. The average molecular weight is 340 g/mol. The fourth-order valence-corrected chi connectivity index (χ4v) is 4.48. The predicted molar refractivity (Wildman–Crippen MR) is 83.0 cm³/mol. The summed E-state index contributed by atoms with van der Waals surface area (Å²) < 4.78 is 38.5. The molecule has 0 saturated carbocycles. The molecule has 1 aromatic rings. The van der Waals surface area contributed by atoms with Gasteiger partial charge in [-0.2, -0.15) is 17.0 Å². The summed E-state index contributed by atoms with van der Waals surface area (Å²) in [5.74, 6) is -0.418. The number of esters is 1. The van der Waals surface area contributed by atoms with Crippen LogP contribution in [-0.2, 0) is 32.8 Å². The van der Waals surface area contributed by atoms with Gasteiger partial charge < -0.3 is 9.47 Å². The fourth-order valence-electron chi connectivity index (χ4n) is 2.89. The van der Waals surface area contributed by atoms with Gasteiger partial charge in [-0.05, 0) is 29.7 Å². The van der Waals surface area contributed by atoms with E-state index in [-0.39, 0.29) is 6.54 Å². The van der Waals surface area contributed by atoms with Crippen LogP contribution < -0.4 is 0 Å². The number of hydrogen-bond donors (Lipinski definition) is 0. The Morgan fingerprint density at radius 1 is 1.13 bits per heavy atom. The van der Waals surface area contributed by atoms with E-state index in [2.05, 4.69) is 0 Å². The maximum Gasteiger partial charge on any atom is 0.337 e. The molecule has 0 aromatic heterocycles. The van der Waals surface area contributed by atoms with Crippen LogP contribution in [0.2, 0.25) is 0 Å². The first kappa shape index (κ1) is 16.4. The maximum absolute atomic E-state index is 12.8. The highest BCUT2D eigenvalue weighted by molar-refractivity contribution is 7.86. The lowest BCUT2D eigenvalue weighted by atomic mass is 10.1. The minimum Gasteiger partial charge on any atom is -0.465 e. The van der Waals surface area contributed by atoms with Gasteiger partial charge in [0.25, 0.3) is 10.2 Å². The Bertz CT molecular complexity index is 696. The Morgan fingerprint density at radius 3 is 2.70 bits per heavy atom. The lowest BCUT2D eigenvalue weighted by Crippen LogP contribution is -2.42. The summed E-state index contributed by atoms with van der Waals surface area (Å²) in [6.07, 6.45) is 0.701. The van der Waals surface area contributed by atoms with Crippen LogP contribution >= 0.6 is 0 Å². The van der Waals surface area contributed by atoms with E-state index >= 15 is 0 Å². The third kappa shape index (κ3) is 3.25. The van der Waals surface area contributed by atoms with Crippen LogP contribution in [-0.4, -0.2) is 56.4 Å². The summed E-state index contributed by atoms with van der Waals surface area (Å²) in [5.41, 5.74) is 2.21. The van der Waals surface area contributed by atoms with Crippen LogP contribution in [0.5, 0.6) is 0 Å². The second-order valence-corrected chi connectivity index (χ2v) is 7.54. The molecular weight excluding hydrogens is 320 g/mol. The lowest BCUT2D eigenvalue weighted by molar-refractivity contribution is 0.0600. The first-order valence-corrected chi connectivity index (χ1v) is 8.95. The average Bonchev–Trinajstić information content (AvgIpc) is 2.79. The molecule has 0 bridgehead atoms. The van der Waals surface area contributed by atoms with Crippen molar-refractivity contribution in [3.63, 3.8) is 0 Å². The Labute approximate surface area is 136 Å². The second-order valence-electron chi connectivity index (χ2n) is 5.62. The molecule has 0 spiro atoms. The summed E-state index contributed by atoms with van der Waals surface area (Å²) >= 11 is 0. The van der Waals surface area contributed by atoms with Crippen molar-refractivity contribution >= 4 is 16.2 Å². The zero-order valence-electron chi connectivity index (χ0n) is 13.0. The van der Waals surface area contributed by atoms with E-state index in [0.717, 1.165) is 11.1 Å². The van der Waals surface area contributed by atoms with E-state index < -0.39 is 16.2 Å². The van der Waals surface area contributed by atoms with Gasteiger partial charge in [0.15, 0.2) is 0 Å². The van der Waals surface area contributed by atoms with E-state index in [1.54, 1.807) is 18.2 Å². The van der Waals surface area contributed by atoms with Crippen LogP contribution in [0, 0.1) is 0 Å². The number of fused-ring (bicyclic) bond motifs is 1. The topological polar surface area (TPSA) is 76.2 Å². The Balaban J connectivity index is 1.79. The molecule has 0 N–H and O–H groups in total. The highest BCUT2D eigenvalue weighted by Crippen LogP contribution is 2.28. The normalized spacial score (nSPS) is 20.0. The minimum atomic E-state index is -3.52. The first-order valence-electron chi connectivity index (χ1n) is 7.55. The number of carbonyl (C=O) groups is 1. The summed E-state index contributed by atoms with van der Waals surface area (Å²) in [6.45, 7) is 2.47. The molecular formula is C15H20N2O5S. The standard InChI is InChI=1S/C15H20N2O5S/c1-21-15(18)12-3-4-13-10-17(11-14(13)9-12)23(19,20)16-5-2-7-22-8-6-16/h3-4,9H,2,5-8,10-11H2,1H3. The quantitative estimate of drug-likeness (QED) is 0.759. The number of ether oxygens (including phenoxy) is 2. The van der Waals surface area contributed by atoms with Gasteiger partial charge in [0.1, 0.15) is 0 Å². The van der Waals surface area contributed by atoms with Crippen LogP contribution in [0.15, 0.2) is 18.2 Å². The third-order valence-corrected chi connectivity index (χ3v) is 6.08. The van der Waals surface area contributed by atoms with Gasteiger partial charge in [0.2, 0.25) is 0 Å². The van der Waals surface area contributed by atoms with E-state index in [1.165, 1.54) is 15.7 Å². The van der Waals surface area contributed by atoms with Gasteiger partial charge in [-0.1, -0.05) is 6.07 Å². The molecule has 0 unspecified atom stereocenters. The summed E-state index contributed by atoms with van der Waals surface area (Å²) in [5, 5.41) is 0. The summed E-state index contributed by atoms with van der Waals surface area (Å²) in [7, 11) is -2.19. The van der Waals surface area contributed by atoms with Gasteiger partial charge in [-0.25, -0.2) is 4.79 Å². The molecule has 0 radical (unpaired) electrons. The molecule has 0 amide bonds. The summed E-state index contributed by atoms with van der Waals surface area (Å²) in [6, 6.07) is 5.17. The molecule has 0 aliphatic carbocycles. The van der Waals surface area contributed by atoms with Crippen molar-refractivity contribution in [2.75, 3.05) is 33.4 Å². The molecule has 2 aliphatic heterocycles. The Hall–Kier alpha value is -1.48. The van der Waals surface area contributed by atoms with Gasteiger partial charge in [0, 0.05) is 32.8 Å². The molecule has 2 heterocycles. The zero-order chi connectivity index (χ0) is 16.4. The van der Waals surface area contributed by atoms with Crippen LogP contribution in [0.3, 0.4) is 0 Å². The number of rotatable bonds is 3. The Kier molecular flexibility index (Phi) is 4.67. The molecule has 126 valence electrons. The van der Waals surface area contributed by atoms with Crippen molar-refractivity contribution in [1.82, 2.24) is 8.61 Å². The number of nitrogens with zero attached hydrogens (tertiary/aromatic N) is 2. The van der Waals surface area contributed by atoms with Crippen molar-refractivity contribution in [2.45, 2.75) is 19.5 Å². The largest absolute Gasteiger partial charge is 0.465 e. The fraction of sp³-hybridized carbons (Fsp3) is 0.533. The van der Waals surface area contributed by atoms with Crippen LogP contribution in [0.4, 0.5) is 0 Å². The van der Waals surface area contributed by atoms with E-state index in [4.69, 9.17) is 9.47 Å². The van der Waals surface area contributed by atoms with E-state index in [9.17, 15) is 13.2 Å². The first-order chi connectivity index (χ1) is 11.0. The van der Waals surface area contributed by atoms with Gasteiger partial charge >= 0.3 is 5.97 Å². The van der Waals surface area contributed by atoms with Gasteiger partial charge in [-0.3, -0.25) is 0 Å². The van der Waals surface area contributed by atoms with Crippen molar-refractivity contribution in [3.05, 3.63) is 34.9 Å². The predicted octanol–water partition coefficient (Wildman–Crippen LogP) is 0.756. The van der Waals surface area contributed by atoms with Gasteiger partial charge in [-0.15, -0.1) is 0 Å². The lowest BCUT2D eigenvalue weighted by Gasteiger charge is -2.25. The highest BCUT2D eigenvalue weighted by atomic mass is 32.2. The Morgan fingerprint density at radius 2 is 1.91 bits per heavy atom. The number of carbonyl (C=O) groups excluding carboxylic acids is 1. The number of methoxy groups -OCH3 is 1. The van der Waals surface area contributed by atoms with Crippen molar-refractivity contribution < 1.29 is 22.7 Å². The van der Waals surface area contributed by atoms with Crippen molar-refractivity contribution in [3.8, 4) is 0 Å². The smallest absolute Gasteiger partial charge is 0.337 e. The molecule has 8 heteroatoms. The monoisotopic (exact) mass is 340 g/mol. The van der Waals surface area contributed by atoms with Gasteiger partial charge in [0.05, 0.1) is 19.3 Å². The molecule has 7 nitrogen and oxygen atoms in total. The van der Waals surface area contributed by atoms with Crippen LogP contribution in [0.25, 0.3) is 0 Å². The molecule has 3 rings (SSSR count). The molecule has 23 heavy (non-hydrogen) atoms. The summed E-state index contributed by atoms with van der Waals surface area (Å²) in [4.78, 5) is 11.6. The van der Waals surface area contributed by atoms with Crippen molar-refractivity contribution in [1.29, 1.82) is 0 Å². The molecule has 1 aromatic carbocycles. The number of benzene rings is 1. The maximum atomic E-state index is 12.8. The van der Waals surface area contributed by atoms with Crippen molar-refractivity contribution in [2.24, 2.45) is 0 Å². The minimum absolute atomic E-state index is 0.278. The zero-order valence-corrected chi connectivity index (χ0v) is 13.8. The second kappa shape index (κ2) is 6.56. The van der Waals surface area contributed by atoms with Crippen LogP contribution in [0.1, 0.15) is 27.9 Å². The molecule has 2 aliphatic rings. The molecule has 0 atom stereocenters.